The maximum atomic E-state index is 11.1. The molecule has 0 amide bonds. The van der Waals surface area contributed by atoms with Crippen LogP contribution in [0.15, 0.2) is 53.4 Å². The average Bonchev–Trinajstić information content (AvgIpc) is 2.38. The van der Waals surface area contributed by atoms with Gasteiger partial charge in [0.2, 0.25) is 0 Å². The smallest absolute Gasteiger partial charge is 0.294 e. The zero-order valence-corrected chi connectivity index (χ0v) is 10.5. The zero-order valence-electron chi connectivity index (χ0n) is 9.70. The van der Waals surface area contributed by atoms with Crippen molar-refractivity contribution in [3.8, 4) is 16.9 Å². The lowest BCUT2D eigenvalue weighted by Gasteiger charge is -2.05. The lowest BCUT2D eigenvalue weighted by Crippen LogP contribution is -1.97. The molecule has 0 aliphatic rings. The van der Waals surface area contributed by atoms with Crippen molar-refractivity contribution >= 4 is 10.1 Å². The van der Waals surface area contributed by atoms with Crippen molar-refractivity contribution in [2.45, 2.75) is 4.90 Å². The number of hydrogen-bond acceptors (Lipinski definition) is 3. The van der Waals surface area contributed by atoms with E-state index in [2.05, 4.69) is 0 Å². The van der Waals surface area contributed by atoms with Gasteiger partial charge in [-0.25, -0.2) is 0 Å². The Bertz CT molecular complexity index is 645. The van der Waals surface area contributed by atoms with Crippen molar-refractivity contribution in [1.82, 2.24) is 0 Å². The highest BCUT2D eigenvalue weighted by atomic mass is 32.2. The monoisotopic (exact) mass is 264 g/mol. The zero-order chi connectivity index (χ0) is 13.2. The fourth-order valence-electron chi connectivity index (χ4n) is 1.62. The third-order valence-corrected chi connectivity index (χ3v) is 3.40. The van der Waals surface area contributed by atoms with E-state index < -0.39 is 10.1 Å². The van der Waals surface area contributed by atoms with Crippen LogP contribution in [-0.4, -0.2) is 20.1 Å². The number of ether oxygens (including phenoxy) is 1. The van der Waals surface area contributed by atoms with Gasteiger partial charge >= 0.3 is 0 Å². The Hall–Kier alpha value is -1.85. The van der Waals surface area contributed by atoms with Gasteiger partial charge in [0.25, 0.3) is 10.1 Å². The van der Waals surface area contributed by atoms with Crippen molar-refractivity contribution in [2.75, 3.05) is 7.11 Å². The maximum absolute atomic E-state index is 11.1. The van der Waals surface area contributed by atoms with Crippen LogP contribution in [0.1, 0.15) is 0 Å². The summed E-state index contributed by atoms with van der Waals surface area (Å²) >= 11 is 0. The van der Waals surface area contributed by atoms with Gasteiger partial charge in [-0.1, -0.05) is 24.3 Å². The van der Waals surface area contributed by atoms with E-state index >= 15 is 0 Å². The molecule has 0 saturated carbocycles. The summed E-state index contributed by atoms with van der Waals surface area (Å²) in [7, 11) is -2.59. The van der Waals surface area contributed by atoms with Gasteiger partial charge in [-0.2, -0.15) is 8.42 Å². The van der Waals surface area contributed by atoms with Crippen LogP contribution < -0.4 is 4.74 Å². The van der Waals surface area contributed by atoms with Gasteiger partial charge in [-0.15, -0.1) is 0 Å². The van der Waals surface area contributed by atoms with E-state index in [0.717, 1.165) is 11.3 Å². The Morgan fingerprint density at radius 2 is 1.67 bits per heavy atom. The molecule has 0 aromatic heterocycles. The summed E-state index contributed by atoms with van der Waals surface area (Å²) in [6.45, 7) is 0. The van der Waals surface area contributed by atoms with Crippen molar-refractivity contribution in [3.05, 3.63) is 48.5 Å². The fourth-order valence-corrected chi connectivity index (χ4v) is 2.15. The van der Waals surface area contributed by atoms with E-state index in [1.165, 1.54) is 12.1 Å². The molecule has 0 aliphatic heterocycles. The van der Waals surface area contributed by atoms with Crippen LogP contribution in [0, 0.1) is 0 Å². The predicted octanol–water partition coefficient (Wildman–Crippen LogP) is 2.61. The molecule has 5 heteroatoms. The van der Waals surface area contributed by atoms with Crippen LogP contribution in [0.3, 0.4) is 0 Å². The first-order valence-electron chi connectivity index (χ1n) is 5.23. The lowest BCUT2D eigenvalue weighted by atomic mass is 10.1. The maximum Gasteiger partial charge on any atom is 0.294 e. The lowest BCUT2D eigenvalue weighted by molar-refractivity contribution is 0.415. The Labute approximate surface area is 106 Å². The van der Waals surface area contributed by atoms with Gasteiger partial charge in [0.15, 0.2) is 0 Å². The minimum Gasteiger partial charge on any atom is -0.497 e. The highest BCUT2D eigenvalue weighted by Gasteiger charge is 2.10. The molecule has 0 atom stereocenters. The minimum absolute atomic E-state index is 0.115. The third kappa shape index (κ3) is 2.69. The average molecular weight is 264 g/mol. The first-order chi connectivity index (χ1) is 8.50. The van der Waals surface area contributed by atoms with E-state index in [4.69, 9.17) is 9.29 Å². The fraction of sp³-hybridized carbons (Fsp3) is 0.0769. The molecule has 2 rings (SSSR count). The molecule has 0 aliphatic carbocycles. The van der Waals surface area contributed by atoms with Crippen LogP contribution in [0.5, 0.6) is 5.75 Å². The van der Waals surface area contributed by atoms with Gasteiger partial charge < -0.3 is 4.74 Å². The summed E-state index contributed by atoms with van der Waals surface area (Å²) < 4.78 is 36.1. The predicted molar refractivity (Wildman–Crippen MR) is 68.2 cm³/mol. The van der Waals surface area contributed by atoms with Crippen LogP contribution in [0.2, 0.25) is 0 Å². The number of methoxy groups -OCH3 is 1. The first-order valence-corrected chi connectivity index (χ1v) is 6.67. The molecule has 0 bridgehead atoms. The summed E-state index contributed by atoms with van der Waals surface area (Å²) in [5.41, 5.74) is 1.56. The molecular formula is C13H12O4S. The molecule has 0 heterocycles. The van der Waals surface area contributed by atoms with E-state index in [0.29, 0.717) is 5.56 Å². The highest BCUT2D eigenvalue weighted by molar-refractivity contribution is 7.85. The molecule has 0 unspecified atom stereocenters. The molecule has 18 heavy (non-hydrogen) atoms. The van der Waals surface area contributed by atoms with Crippen molar-refractivity contribution in [1.29, 1.82) is 0 Å². The third-order valence-electron chi connectivity index (χ3n) is 2.56. The van der Waals surface area contributed by atoms with E-state index in [-0.39, 0.29) is 4.90 Å². The Kier molecular flexibility index (Phi) is 3.36. The Morgan fingerprint density at radius 1 is 1.00 bits per heavy atom. The first kappa shape index (κ1) is 12.6. The SMILES string of the molecule is COc1ccc(-c2cccc(S(=O)(=O)O)c2)cc1. The molecule has 0 radical (unpaired) electrons. The second-order valence-electron chi connectivity index (χ2n) is 3.73. The van der Waals surface area contributed by atoms with Crippen LogP contribution in [-0.2, 0) is 10.1 Å². The summed E-state index contributed by atoms with van der Waals surface area (Å²) in [5, 5.41) is 0. The normalized spacial score (nSPS) is 11.2. The molecule has 1 N–H and O–H groups in total. The van der Waals surface area contributed by atoms with E-state index in [1.54, 1.807) is 31.4 Å². The Morgan fingerprint density at radius 3 is 2.22 bits per heavy atom. The Balaban J connectivity index is 2.44. The van der Waals surface area contributed by atoms with E-state index in [9.17, 15) is 8.42 Å². The molecule has 0 spiro atoms. The summed E-state index contributed by atoms with van der Waals surface area (Å²) in [5.74, 6) is 0.727. The molecule has 0 fully saturated rings. The molecule has 94 valence electrons. The van der Waals surface area contributed by atoms with Crippen LogP contribution in [0.4, 0.5) is 0 Å². The molecule has 2 aromatic carbocycles. The van der Waals surface area contributed by atoms with Crippen molar-refractivity contribution in [3.63, 3.8) is 0 Å². The standard InChI is InChI=1S/C13H12O4S/c1-17-12-7-5-10(6-8-12)11-3-2-4-13(9-11)18(14,15)16/h2-9H,1H3,(H,14,15,16). The minimum atomic E-state index is -4.17. The van der Waals surface area contributed by atoms with Gasteiger partial charge in [-0.05, 0) is 35.4 Å². The highest BCUT2D eigenvalue weighted by Crippen LogP contribution is 2.24. The van der Waals surface area contributed by atoms with Gasteiger partial charge in [0, 0.05) is 0 Å². The topological polar surface area (TPSA) is 63.6 Å². The molecular weight excluding hydrogens is 252 g/mol. The van der Waals surface area contributed by atoms with Crippen molar-refractivity contribution in [2.24, 2.45) is 0 Å². The second-order valence-corrected chi connectivity index (χ2v) is 5.15. The summed E-state index contributed by atoms with van der Waals surface area (Å²) in [6.07, 6.45) is 0. The number of hydrogen-bond donors (Lipinski definition) is 1. The number of benzene rings is 2. The molecule has 0 saturated heterocycles. The quantitative estimate of drug-likeness (QED) is 0.865. The van der Waals surface area contributed by atoms with Gasteiger partial charge in [-0.3, -0.25) is 4.55 Å². The second kappa shape index (κ2) is 4.80. The summed E-state index contributed by atoms with van der Waals surface area (Å²) in [6, 6.07) is 13.4. The molecule has 4 nitrogen and oxygen atoms in total. The van der Waals surface area contributed by atoms with Crippen LogP contribution in [0.25, 0.3) is 11.1 Å². The number of rotatable bonds is 3. The summed E-state index contributed by atoms with van der Waals surface area (Å²) in [4.78, 5) is -0.115. The van der Waals surface area contributed by atoms with Gasteiger partial charge in [0.05, 0.1) is 12.0 Å². The van der Waals surface area contributed by atoms with E-state index in [1.807, 2.05) is 12.1 Å². The largest absolute Gasteiger partial charge is 0.497 e. The van der Waals surface area contributed by atoms with Gasteiger partial charge in [0.1, 0.15) is 5.75 Å². The molecule has 2 aromatic rings. The van der Waals surface area contributed by atoms with Crippen LogP contribution >= 0.6 is 0 Å². The van der Waals surface area contributed by atoms with Crippen molar-refractivity contribution < 1.29 is 17.7 Å².